The van der Waals surface area contributed by atoms with Gasteiger partial charge in [-0.1, -0.05) is 23.9 Å². The summed E-state index contributed by atoms with van der Waals surface area (Å²) >= 11 is 0. The van der Waals surface area contributed by atoms with Crippen LogP contribution in [0, 0.1) is 0 Å². The summed E-state index contributed by atoms with van der Waals surface area (Å²) in [6.07, 6.45) is 0.269. The van der Waals surface area contributed by atoms with Gasteiger partial charge < -0.3 is 18.9 Å². The normalized spacial score (nSPS) is 17.7. The summed E-state index contributed by atoms with van der Waals surface area (Å²) in [4.78, 5) is -0.291. The van der Waals surface area contributed by atoms with Crippen molar-refractivity contribution < 1.29 is 44.4 Å². The summed E-state index contributed by atoms with van der Waals surface area (Å²) in [6.45, 7) is 7.79. The molecule has 2 atom stereocenters. The summed E-state index contributed by atoms with van der Waals surface area (Å²) in [6, 6.07) is 22.2. The summed E-state index contributed by atoms with van der Waals surface area (Å²) in [5, 5.41) is 4.73. The first kappa shape index (κ1) is 31.5. The zero-order chi connectivity index (χ0) is 32.3. The maximum atomic E-state index is 12.9. The maximum absolute atomic E-state index is 12.9. The lowest BCUT2D eigenvalue weighted by Crippen LogP contribution is -2.18. The van der Waals surface area contributed by atoms with Crippen LogP contribution in [-0.4, -0.2) is 61.2 Å². The minimum Gasteiger partial charge on any atom is -0.491 e. The number of nitrogens with one attached hydrogen (secondary N) is 1. The van der Waals surface area contributed by atoms with Gasteiger partial charge in [-0.2, -0.15) is 16.8 Å². The van der Waals surface area contributed by atoms with Crippen molar-refractivity contribution in [2.75, 3.05) is 26.4 Å². The molecule has 2 aliphatic heterocycles. The monoisotopic (exact) mass is 666 g/mol. The highest BCUT2D eigenvalue weighted by molar-refractivity contribution is 7.87. The van der Waals surface area contributed by atoms with Gasteiger partial charge in [0.2, 0.25) is 0 Å². The number of fused-ring (bicyclic) bond motifs is 1. The molecule has 1 N–H and O–H groups in total. The highest BCUT2D eigenvalue weighted by Crippen LogP contribution is 2.25. The molecule has 2 saturated heterocycles. The van der Waals surface area contributed by atoms with E-state index in [9.17, 15) is 16.8 Å². The van der Waals surface area contributed by atoms with Gasteiger partial charge in [0.05, 0.1) is 29.5 Å². The average Bonchev–Trinajstić information content (AvgIpc) is 4.00. The quantitative estimate of drug-likeness (QED) is 0.109. The van der Waals surface area contributed by atoms with Crippen LogP contribution < -0.4 is 15.0 Å². The lowest BCUT2D eigenvalue weighted by atomic mass is 10.1. The van der Waals surface area contributed by atoms with Crippen molar-refractivity contribution in [3.63, 3.8) is 0 Å². The van der Waals surface area contributed by atoms with E-state index >= 15 is 0 Å². The molecule has 14 heteroatoms. The standard InChI is InChI=1S/C32H30N2O10S2/c1-21(23-3-9-27(10-4-23)39-17-29-19-41-29)33-43-45(35,36)31-13-7-26-16-32(14-8-25(26)15-31)46(37,38)44-34-22(2)24-5-11-28(12-6-24)40-18-30-20-42-30/h3-16,29-30,33H,1,17-20H2,2H3. The number of hydroxylamine groups is 1. The lowest BCUT2D eigenvalue weighted by Gasteiger charge is -2.12. The molecule has 4 aromatic carbocycles. The second-order valence-electron chi connectivity index (χ2n) is 10.6. The van der Waals surface area contributed by atoms with Crippen LogP contribution in [0.1, 0.15) is 18.1 Å². The maximum Gasteiger partial charge on any atom is 0.358 e. The molecule has 0 bridgehead atoms. The third-order valence-electron chi connectivity index (χ3n) is 7.06. The minimum absolute atomic E-state index is 0.132. The van der Waals surface area contributed by atoms with Crippen LogP contribution in [0.25, 0.3) is 16.5 Å². The van der Waals surface area contributed by atoms with Gasteiger partial charge in [0.15, 0.2) is 0 Å². The number of hydrogen-bond acceptors (Lipinski definition) is 12. The van der Waals surface area contributed by atoms with Gasteiger partial charge in [-0.15, -0.1) is 4.28 Å². The van der Waals surface area contributed by atoms with E-state index < -0.39 is 20.2 Å². The van der Waals surface area contributed by atoms with E-state index in [2.05, 4.69) is 17.2 Å². The smallest absolute Gasteiger partial charge is 0.358 e. The highest BCUT2D eigenvalue weighted by atomic mass is 32.2. The van der Waals surface area contributed by atoms with Crippen molar-refractivity contribution in [3.05, 3.63) is 103 Å². The average molecular weight is 667 g/mol. The molecular weight excluding hydrogens is 636 g/mol. The fourth-order valence-corrected chi connectivity index (χ4v) is 5.79. The van der Waals surface area contributed by atoms with E-state index in [-0.39, 0.29) is 27.7 Å². The topological polar surface area (TPSA) is 155 Å². The van der Waals surface area contributed by atoms with Gasteiger partial charge in [0.1, 0.15) is 41.8 Å². The Labute approximate surface area is 266 Å². The number of ether oxygens (including phenoxy) is 4. The molecule has 0 aliphatic carbocycles. The van der Waals surface area contributed by atoms with Crippen LogP contribution in [0.3, 0.4) is 0 Å². The van der Waals surface area contributed by atoms with Gasteiger partial charge in [-0.3, -0.25) is 4.28 Å². The third-order valence-corrected chi connectivity index (χ3v) is 9.29. The number of nitrogens with zero attached hydrogens (tertiary/aromatic N) is 1. The van der Waals surface area contributed by atoms with Crippen LogP contribution in [0.4, 0.5) is 0 Å². The van der Waals surface area contributed by atoms with E-state index in [0.29, 0.717) is 65.5 Å². The van der Waals surface area contributed by atoms with Gasteiger partial charge >= 0.3 is 20.2 Å². The number of hydrogen-bond donors (Lipinski definition) is 1. The van der Waals surface area contributed by atoms with E-state index in [1.54, 1.807) is 55.5 Å². The fourth-order valence-electron chi connectivity index (χ4n) is 4.18. The zero-order valence-electron chi connectivity index (χ0n) is 24.6. The van der Waals surface area contributed by atoms with E-state index in [0.717, 1.165) is 0 Å². The largest absolute Gasteiger partial charge is 0.491 e. The van der Waals surface area contributed by atoms with E-state index in [4.69, 9.17) is 27.5 Å². The summed E-state index contributed by atoms with van der Waals surface area (Å²) < 4.78 is 83.0. The van der Waals surface area contributed by atoms with Crippen LogP contribution in [0.15, 0.2) is 106 Å². The number of rotatable bonds is 15. The van der Waals surface area contributed by atoms with Crippen LogP contribution in [-0.2, 0) is 38.3 Å². The predicted octanol–water partition coefficient (Wildman–Crippen LogP) is 4.41. The lowest BCUT2D eigenvalue weighted by molar-refractivity contribution is 0.258. The Morgan fingerprint density at radius 3 is 1.74 bits per heavy atom. The first-order chi connectivity index (χ1) is 22.1. The molecule has 2 heterocycles. The molecule has 2 fully saturated rings. The first-order valence-corrected chi connectivity index (χ1v) is 17.0. The second-order valence-corrected chi connectivity index (χ2v) is 13.7. The molecule has 46 heavy (non-hydrogen) atoms. The molecule has 12 nitrogen and oxygen atoms in total. The predicted molar refractivity (Wildman–Crippen MR) is 168 cm³/mol. The molecule has 0 saturated carbocycles. The molecular formula is C32H30N2O10S2. The Morgan fingerprint density at radius 2 is 1.24 bits per heavy atom. The fraction of sp³-hybridized carbons (Fsp3) is 0.219. The van der Waals surface area contributed by atoms with Crippen molar-refractivity contribution in [2.24, 2.45) is 5.16 Å². The molecule has 0 aromatic heterocycles. The summed E-state index contributed by atoms with van der Waals surface area (Å²) in [5.74, 6) is 1.31. The van der Waals surface area contributed by atoms with Gasteiger partial charge in [0, 0.05) is 0 Å². The van der Waals surface area contributed by atoms with Gasteiger partial charge in [-0.25, -0.2) is 5.48 Å². The Bertz CT molecular complexity index is 1990. The van der Waals surface area contributed by atoms with Gasteiger partial charge in [-0.05, 0) is 102 Å². The van der Waals surface area contributed by atoms with E-state index in [1.807, 2.05) is 0 Å². The zero-order valence-corrected chi connectivity index (χ0v) is 26.3. The molecule has 6 rings (SSSR count). The molecule has 0 amide bonds. The Hall–Kier alpha value is -4.47. The molecule has 2 unspecified atom stereocenters. The summed E-state index contributed by atoms with van der Waals surface area (Å²) in [5.41, 5.74) is 4.20. The van der Waals surface area contributed by atoms with Crippen molar-refractivity contribution in [3.8, 4) is 11.5 Å². The Morgan fingerprint density at radius 1 is 0.761 bits per heavy atom. The first-order valence-electron chi connectivity index (χ1n) is 14.2. The van der Waals surface area contributed by atoms with Crippen molar-refractivity contribution >= 4 is 42.4 Å². The van der Waals surface area contributed by atoms with Crippen molar-refractivity contribution in [2.45, 2.75) is 28.9 Å². The Kier molecular flexibility index (Phi) is 8.97. The van der Waals surface area contributed by atoms with Crippen LogP contribution >= 0.6 is 0 Å². The summed E-state index contributed by atoms with van der Waals surface area (Å²) in [7, 11) is -8.52. The minimum atomic E-state index is -4.27. The second kappa shape index (κ2) is 13.1. The van der Waals surface area contributed by atoms with Crippen LogP contribution in [0.5, 0.6) is 11.5 Å². The SMILES string of the molecule is C=C(NOS(=O)(=O)c1ccc2cc(S(=O)(=O)ON=C(C)c3ccc(OCC4CO4)cc3)ccc2c1)c1ccc(OCC2CO2)cc1. The molecule has 240 valence electrons. The molecule has 0 radical (unpaired) electrons. The van der Waals surface area contributed by atoms with Crippen molar-refractivity contribution in [1.29, 1.82) is 0 Å². The molecule has 2 aliphatic rings. The number of epoxide rings is 2. The highest BCUT2D eigenvalue weighted by Gasteiger charge is 2.24. The van der Waals surface area contributed by atoms with Gasteiger partial charge in [0.25, 0.3) is 0 Å². The number of benzene rings is 4. The molecule has 4 aromatic rings. The Balaban J connectivity index is 1.06. The molecule has 0 spiro atoms. The van der Waals surface area contributed by atoms with E-state index in [1.165, 1.54) is 36.4 Å². The van der Waals surface area contributed by atoms with Crippen molar-refractivity contribution in [1.82, 2.24) is 5.48 Å². The number of oxime groups is 1. The third kappa shape index (κ3) is 8.02. The van der Waals surface area contributed by atoms with Crippen LogP contribution in [0.2, 0.25) is 0 Å².